The molecule has 2 aliphatic rings. The molecule has 0 aromatic heterocycles. The summed E-state index contributed by atoms with van der Waals surface area (Å²) in [6, 6.07) is 4.23. The van der Waals surface area contributed by atoms with Crippen LogP contribution in [0.1, 0.15) is 44.7 Å². The second-order valence-electron chi connectivity index (χ2n) is 8.08. The highest BCUT2D eigenvalue weighted by molar-refractivity contribution is 5.87. The van der Waals surface area contributed by atoms with Gasteiger partial charge in [0.2, 0.25) is 0 Å². The van der Waals surface area contributed by atoms with Gasteiger partial charge < -0.3 is 10.5 Å². The van der Waals surface area contributed by atoms with Gasteiger partial charge in [-0.15, -0.1) is 0 Å². The molecule has 1 saturated carbocycles. The van der Waals surface area contributed by atoms with Gasteiger partial charge in [0.05, 0.1) is 17.1 Å². The van der Waals surface area contributed by atoms with Gasteiger partial charge >= 0.3 is 0 Å². The number of rotatable bonds is 4. The van der Waals surface area contributed by atoms with Crippen molar-refractivity contribution in [3.05, 3.63) is 35.1 Å². The minimum Gasteiger partial charge on any atom is -0.386 e. The van der Waals surface area contributed by atoms with Gasteiger partial charge in [0.15, 0.2) is 0 Å². The van der Waals surface area contributed by atoms with Crippen molar-refractivity contribution in [3.63, 3.8) is 0 Å². The van der Waals surface area contributed by atoms with Crippen LogP contribution in [-0.4, -0.2) is 29.7 Å². The van der Waals surface area contributed by atoms with E-state index in [9.17, 15) is 18.0 Å². The average molecular weight is 368 g/mol. The third kappa shape index (κ3) is 3.77. The Labute approximate surface area is 150 Å². The summed E-state index contributed by atoms with van der Waals surface area (Å²) in [7, 11) is 0. The fourth-order valence-corrected chi connectivity index (χ4v) is 3.68. The number of carbonyl (C=O) groups is 1. The first-order valence-electron chi connectivity index (χ1n) is 8.59. The largest absolute Gasteiger partial charge is 0.386 e. The predicted octanol–water partition coefficient (Wildman–Crippen LogP) is 3.36. The van der Waals surface area contributed by atoms with Gasteiger partial charge in [-0.2, -0.15) is 0 Å². The van der Waals surface area contributed by atoms with E-state index in [1.165, 1.54) is 18.2 Å². The van der Waals surface area contributed by atoms with Crippen LogP contribution < -0.4 is 5.73 Å². The van der Waals surface area contributed by atoms with E-state index < -0.39 is 41.0 Å². The first-order valence-corrected chi connectivity index (χ1v) is 8.59. The number of hydrogen-bond acceptors (Lipinski definition) is 4. The Bertz CT molecular complexity index is 776. The fourth-order valence-electron chi connectivity index (χ4n) is 3.68. The number of Topliss-reactive ketones (excluding diaryl/α,β-unsaturated/α-hetero) is 1. The highest BCUT2D eigenvalue weighted by atomic mass is 19.3. The van der Waals surface area contributed by atoms with E-state index in [0.29, 0.717) is 12.0 Å². The maximum Gasteiger partial charge on any atom is 0.258 e. The van der Waals surface area contributed by atoms with E-state index in [-0.39, 0.29) is 24.4 Å². The summed E-state index contributed by atoms with van der Waals surface area (Å²) in [6.45, 7) is 5.66. The maximum atomic E-state index is 14.6. The van der Waals surface area contributed by atoms with Crippen LogP contribution in [-0.2, 0) is 21.5 Å². The van der Waals surface area contributed by atoms with Gasteiger partial charge in [0.1, 0.15) is 24.0 Å². The van der Waals surface area contributed by atoms with E-state index in [2.05, 4.69) is 4.99 Å². The molecule has 4 nitrogen and oxygen atoms in total. The van der Waals surface area contributed by atoms with Crippen LogP contribution in [0.25, 0.3) is 0 Å². The Morgan fingerprint density at radius 3 is 2.62 bits per heavy atom. The Kier molecular flexibility index (Phi) is 4.42. The van der Waals surface area contributed by atoms with Crippen molar-refractivity contribution >= 4 is 11.6 Å². The molecule has 1 aromatic carbocycles. The molecule has 2 N–H and O–H groups in total. The van der Waals surface area contributed by atoms with E-state index in [1.54, 1.807) is 6.92 Å². The van der Waals surface area contributed by atoms with Crippen molar-refractivity contribution < 1.29 is 22.7 Å². The van der Waals surface area contributed by atoms with Gasteiger partial charge in [-0.3, -0.25) is 9.79 Å². The van der Waals surface area contributed by atoms with Crippen molar-refractivity contribution in [1.82, 2.24) is 0 Å². The molecule has 0 bridgehead atoms. The fraction of sp³-hybridized carbons (Fsp3) is 0.579. The normalized spacial score (nSPS) is 29.6. The SMILES string of the molecule is CC1(C)C[C@@](C)(c2cc(CC(=O)C3CC3(F)F)ccc2F)N=C(N)CO1. The predicted molar refractivity (Wildman–Crippen MR) is 91.8 cm³/mol. The van der Waals surface area contributed by atoms with Gasteiger partial charge in [0, 0.05) is 24.8 Å². The number of amidine groups is 1. The van der Waals surface area contributed by atoms with E-state index in [1.807, 2.05) is 13.8 Å². The molecule has 142 valence electrons. The molecule has 7 heteroatoms. The Morgan fingerprint density at radius 2 is 2.00 bits per heavy atom. The third-order valence-electron chi connectivity index (χ3n) is 4.98. The topological polar surface area (TPSA) is 64.7 Å². The van der Waals surface area contributed by atoms with Gasteiger partial charge in [-0.1, -0.05) is 12.1 Å². The van der Waals surface area contributed by atoms with Gasteiger partial charge in [-0.05, 0) is 32.4 Å². The number of aliphatic imine (C=N–C) groups is 1. The second-order valence-corrected chi connectivity index (χ2v) is 8.08. The molecule has 1 heterocycles. The minimum absolute atomic E-state index is 0.150. The molecule has 1 aliphatic carbocycles. The van der Waals surface area contributed by atoms with Crippen LogP contribution >= 0.6 is 0 Å². The zero-order valence-corrected chi connectivity index (χ0v) is 15.1. The lowest BCUT2D eigenvalue weighted by Gasteiger charge is -2.33. The number of nitrogens with zero attached hydrogens (tertiary/aromatic N) is 1. The summed E-state index contributed by atoms with van der Waals surface area (Å²) < 4.78 is 46.5. The zero-order chi connectivity index (χ0) is 19.3. The molecule has 1 aliphatic heterocycles. The summed E-state index contributed by atoms with van der Waals surface area (Å²) in [4.78, 5) is 16.5. The van der Waals surface area contributed by atoms with E-state index in [4.69, 9.17) is 10.5 Å². The van der Waals surface area contributed by atoms with Gasteiger partial charge in [-0.25, -0.2) is 13.2 Å². The summed E-state index contributed by atoms with van der Waals surface area (Å²) in [5.41, 5.74) is 5.11. The quantitative estimate of drug-likeness (QED) is 0.886. The van der Waals surface area contributed by atoms with Crippen LogP contribution in [0.15, 0.2) is 23.2 Å². The molecule has 2 atom stereocenters. The monoisotopic (exact) mass is 368 g/mol. The number of halogens is 3. The highest BCUT2D eigenvalue weighted by Crippen LogP contribution is 2.49. The molecule has 0 amide bonds. The molecule has 3 rings (SSSR count). The maximum absolute atomic E-state index is 14.6. The van der Waals surface area contributed by atoms with Crippen molar-refractivity contribution in [1.29, 1.82) is 0 Å². The molecule has 26 heavy (non-hydrogen) atoms. The number of ether oxygens (including phenoxy) is 1. The average Bonchev–Trinajstić information content (AvgIpc) is 3.17. The minimum atomic E-state index is -2.90. The Hall–Kier alpha value is -1.89. The lowest BCUT2D eigenvalue weighted by atomic mass is 9.81. The zero-order valence-electron chi connectivity index (χ0n) is 15.1. The number of carbonyl (C=O) groups excluding carboxylic acids is 1. The summed E-state index contributed by atoms with van der Waals surface area (Å²) >= 11 is 0. The van der Waals surface area contributed by atoms with Crippen LogP contribution in [0.3, 0.4) is 0 Å². The molecule has 0 spiro atoms. The molecular formula is C19H23F3N2O2. The first-order chi connectivity index (χ1) is 11.9. The third-order valence-corrected chi connectivity index (χ3v) is 4.98. The van der Waals surface area contributed by atoms with Crippen LogP contribution in [0.4, 0.5) is 13.2 Å². The molecule has 0 saturated heterocycles. The lowest BCUT2D eigenvalue weighted by molar-refractivity contribution is -0.121. The summed E-state index contributed by atoms with van der Waals surface area (Å²) in [5, 5.41) is 0. The number of benzene rings is 1. The molecule has 0 radical (unpaired) electrons. The van der Waals surface area contributed by atoms with Crippen LogP contribution in [0, 0.1) is 11.7 Å². The highest BCUT2D eigenvalue weighted by Gasteiger charge is 2.60. The number of hydrogen-bond donors (Lipinski definition) is 1. The smallest absolute Gasteiger partial charge is 0.258 e. The van der Waals surface area contributed by atoms with Crippen LogP contribution in [0.5, 0.6) is 0 Å². The van der Waals surface area contributed by atoms with E-state index in [0.717, 1.165) is 0 Å². The molecule has 1 aromatic rings. The van der Waals surface area contributed by atoms with Crippen molar-refractivity contribution in [2.75, 3.05) is 6.61 Å². The Morgan fingerprint density at radius 1 is 1.35 bits per heavy atom. The van der Waals surface area contributed by atoms with Crippen LogP contribution in [0.2, 0.25) is 0 Å². The van der Waals surface area contributed by atoms with Crippen molar-refractivity contribution in [2.24, 2.45) is 16.6 Å². The summed E-state index contributed by atoms with van der Waals surface area (Å²) in [6.07, 6.45) is -0.164. The lowest BCUT2D eigenvalue weighted by Crippen LogP contribution is -2.33. The molecule has 1 unspecified atom stereocenters. The first kappa shape index (κ1) is 18.9. The number of ketones is 1. The number of alkyl halides is 2. The Balaban J connectivity index is 1.91. The summed E-state index contributed by atoms with van der Waals surface area (Å²) in [5.74, 6) is -4.85. The second kappa shape index (κ2) is 6.08. The van der Waals surface area contributed by atoms with E-state index >= 15 is 0 Å². The van der Waals surface area contributed by atoms with Crippen molar-refractivity contribution in [2.45, 2.75) is 57.1 Å². The molecule has 1 fully saturated rings. The van der Waals surface area contributed by atoms with Crippen molar-refractivity contribution in [3.8, 4) is 0 Å². The van der Waals surface area contributed by atoms with Gasteiger partial charge in [0.25, 0.3) is 5.92 Å². The molecular weight excluding hydrogens is 345 g/mol. The number of nitrogens with two attached hydrogens (primary N) is 1. The standard InChI is InChI=1S/C19H23F3N2O2/c1-17(2)10-18(3,24-16(23)9-26-17)12-6-11(4-5-14(12)20)7-15(25)13-8-19(13,21)22/h4-6,13H,7-10H2,1-3H3,(H2,23,24)/t13?,18-/m0/s1.